The Morgan fingerprint density at radius 3 is 2.19 bits per heavy atom. The lowest BCUT2D eigenvalue weighted by Gasteiger charge is -2.35. The Kier molecular flexibility index (Phi) is 5.71. The van der Waals surface area contributed by atoms with Crippen molar-refractivity contribution in [1.82, 2.24) is 4.90 Å². The van der Waals surface area contributed by atoms with Crippen LogP contribution < -0.4 is 5.32 Å². The van der Waals surface area contributed by atoms with Crippen molar-refractivity contribution in [2.24, 2.45) is 0 Å². The average molecular weight is 350 g/mol. The molecule has 26 heavy (non-hydrogen) atoms. The van der Waals surface area contributed by atoms with Crippen LogP contribution in [0.3, 0.4) is 0 Å². The molecule has 4 nitrogen and oxygen atoms in total. The molecule has 0 bridgehead atoms. The zero-order valence-electron chi connectivity index (χ0n) is 15.4. The van der Waals surface area contributed by atoms with Crippen LogP contribution in [0.25, 0.3) is 0 Å². The van der Waals surface area contributed by atoms with Crippen LogP contribution in [0.15, 0.2) is 54.6 Å². The second-order valence-electron chi connectivity index (χ2n) is 7.00. The molecule has 2 amide bonds. The lowest BCUT2D eigenvalue weighted by Crippen LogP contribution is -2.40. The third-order valence-electron chi connectivity index (χ3n) is 5.10. The first-order valence-corrected chi connectivity index (χ1v) is 9.31. The first-order valence-electron chi connectivity index (χ1n) is 9.31. The molecule has 1 aliphatic rings. The molecule has 0 aromatic heterocycles. The third-order valence-corrected chi connectivity index (χ3v) is 5.10. The lowest BCUT2D eigenvalue weighted by atomic mass is 10.0. The highest BCUT2D eigenvalue weighted by Crippen LogP contribution is 2.32. The minimum atomic E-state index is -0.116. The molecule has 1 atom stereocenters. The van der Waals surface area contributed by atoms with Gasteiger partial charge in [-0.3, -0.25) is 9.59 Å². The zero-order valence-corrected chi connectivity index (χ0v) is 15.4. The minimum absolute atomic E-state index is 0.0295. The maximum absolute atomic E-state index is 13.3. The topological polar surface area (TPSA) is 49.4 Å². The van der Waals surface area contributed by atoms with Crippen LogP contribution in [0.5, 0.6) is 0 Å². The molecule has 1 saturated carbocycles. The van der Waals surface area contributed by atoms with Crippen LogP contribution in [0.1, 0.15) is 61.5 Å². The molecule has 1 N–H and O–H groups in total. The number of hydrogen-bond donors (Lipinski definition) is 1. The van der Waals surface area contributed by atoms with E-state index in [9.17, 15) is 9.59 Å². The van der Waals surface area contributed by atoms with Gasteiger partial charge in [-0.25, -0.2) is 0 Å². The molecule has 136 valence electrons. The van der Waals surface area contributed by atoms with E-state index in [2.05, 4.69) is 29.3 Å². The predicted octanol–water partition coefficient (Wildman–Crippen LogP) is 4.79. The van der Waals surface area contributed by atoms with Gasteiger partial charge in [0.05, 0.1) is 6.04 Å². The number of nitrogens with zero attached hydrogens (tertiary/aromatic N) is 1. The number of hydrogen-bond acceptors (Lipinski definition) is 2. The van der Waals surface area contributed by atoms with Crippen molar-refractivity contribution < 1.29 is 9.59 Å². The fourth-order valence-corrected chi connectivity index (χ4v) is 3.78. The number of carbonyl (C=O) groups is 2. The molecule has 3 rings (SSSR count). The highest BCUT2D eigenvalue weighted by Gasteiger charge is 2.31. The lowest BCUT2D eigenvalue weighted by molar-refractivity contribution is -0.114. The van der Waals surface area contributed by atoms with Crippen molar-refractivity contribution >= 4 is 17.5 Å². The van der Waals surface area contributed by atoms with Crippen LogP contribution in [0, 0.1) is 0 Å². The first kappa shape index (κ1) is 18.2. The Balaban J connectivity index is 1.86. The molecule has 0 aliphatic heterocycles. The molecule has 2 aromatic rings. The third kappa shape index (κ3) is 4.13. The van der Waals surface area contributed by atoms with Crippen molar-refractivity contribution in [3.63, 3.8) is 0 Å². The Morgan fingerprint density at radius 1 is 1.00 bits per heavy atom. The van der Waals surface area contributed by atoms with Crippen molar-refractivity contribution in [2.75, 3.05) is 5.32 Å². The van der Waals surface area contributed by atoms with Gasteiger partial charge in [-0.15, -0.1) is 0 Å². The molecule has 4 heteroatoms. The van der Waals surface area contributed by atoms with Gasteiger partial charge < -0.3 is 10.2 Å². The summed E-state index contributed by atoms with van der Waals surface area (Å²) in [6.07, 6.45) is 4.48. The van der Waals surface area contributed by atoms with E-state index >= 15 is 0 Å². The zero-order chi connectivity index (χ0) is 18.5. The predicted molar refractivity (Wildman–Crippen MR) is 104 cm³/mol. The number of amides is 2. The number of rotatable bonds is 5. The number of anilines is 1. The molecule has 0 spiro atoms. The highest BCUT2D eigenvalue weighted by molar-refractivity contribution is 5.96. The van der Waals surface area contributed by atoms with Gasteiger partial charge in [0, 0.05) is 24.2 Å². The summed E-state index contributed by atoms with van der Waals surface area (Å²) < 4.78 is 0. The second kappa shape index (κ2) is 8.17. The van der Waals surface area contributed by atoms with E-state index in [1.807, 2.05) is 18.2 Å². The van der Waals surface area contributed by atoms with E-state index in [4.69, 9.17) is 0 Å². The van der Waals surface area contributed by atoms with E-state index in [0.717, 1.165) is 18.4 Å². The summed E-state index contributed by atoms with van der Waals surface area (Å²) in [4.78, 5) is 26.5. The van der Waals surface area contributed by atoms with E-state index in [1.54, 1.807) is 24.3 Å². The van der Waals surface area contributed by atoms with Gasteiger partial charge in [0.2, 0.25) is 5.91 Å². The van der Waals surface area contributed by atoms with E-state index < -0.39 is 0 Å². The summed E-state index contributed by atoms with van der Waals surface area (Å²) in [7, 11) is 0. The normalized spacial score (nSPS) is 15.5. The molecular weight excluding hydrogens is 324 g/mol. The van der Waals surface area contributed by atoms with Gasteiger partial charge in [0.25, 0.3) is 5.91 Å². The van der Waals surface area contributed by atoms with E-state index in [-0.39, 0.29) is 23.9 Å². The second-order valence-corrected chi connectivity index (χ2v) is 7.00. The maximum Gasteiger partial charge on any atom is 0.254 e. The van der Waals surface area contributed by atoms with Crippen molar-refractivity contribution in [1.29, 1.82) is 0 Å². The monoisotopic (exact) mass is 350 g/mol. The van der Waals surface area contributed by atoms with Crippen LogP contribution in [-0.2, 0) is 4.79 Å². The summed E-state index contributed by atoms with van der Waals surface area (Å²) in [5.74, 6) is -0.0583. The molecular formula is C22H26N2O2. The van der Waals surface area contributed by atoms with Crippen LogP contribution in [0.4, 0.5) is 5.69 Å². The quantitative estimate of drug-likeness (QED) is 0.843. The van der Waals surface area contributed by atoms with Gasteiger partial charge >= 0.3 is 0 Å². The van der Waals surface area contributed by atoms with Crippen molar-refractivity contribution in [3.05, 3.63) is 65.7 Å². The summed E-state index contributed by atoms with van der Waals surface area (Å²) in [5.41, 5.74) is 2.52. The number of nitrogens with one attached hydrogen (secondary N) is 1. The molecule has 0 unspecified atom stereocenters. The SMILES string of the molecule is CC(=O)Nc1ccc(C(=O)N(C2CCCC2)[C@@H](C)c2ccccc2)cc1. The summed E-state index contributed by atoms with van der Waals surface area (Å²) >= 11 is 0. The Labute approximate surface area is 155 Å². The highest BCUT2D eigenvalue weighted by atomic mass is 16.2. The molecule has 0 radical (unpaired) electrons. The Morgan fingerprint density at radius 2 is 1.62 bits per heavy atom. The Bertz CT molecular complexity index is 749. The fourth-order valence-electron chi connectivity index (χ4n) is 3.78. The van der Waals surface area contributed by atoms with Crippen LogP contribution in [-0.4, -0.2) is 22.8 Å². The van der Waals surface area contributed by atoms with E-state index in [0.29, 0.717) is 11.3 Å². The standard InChI is InChI=1S/C22H26N2O2/c1-16(18-8-4-3-5-9-18)24(21-10-6-7-11-21)22(26)19-12-14-20(15-13-19)23-17(2)25/h3-5,8-9,12-16,21H,6-7,10-11H2,1-2H3,(H,23,25)/t16-/m0/s1. The minimum Gasteiger partial charge on any atom is -0.329 e. The maximum atomic E-state index is 13.3. The van der Waals surface area contributed by atoms with Crippen molar-refractivity contribution in [2.45, 2.75) is 51.6 Å². The van der Waals surface area contributed by atoms with Crippen LogP contribution in [0.2, 0.25) is 0 Å². The van der Waals surface area contributed by atoms with Crippen molar-refractivity contribution in [3.8, 4) is 0 Å². The first-order chi connectivity index (χ1) is 12.6. The molecule has 2 aromatic carbocycles. The van der Waals surface area contributed by atoms with Gasteiger partial charge in [-0.05, 0) is 49.6 Å². The van der Waals surface area contributed by atoms with Gasteiger partial charge in [-0.2, -0.15) is 0 Å². The molecule has 1 aliphatic carbocycles. The Hall–Kier alpha value is -2.62. The van der Waals surface area contributed by atoms with Gasteiger partial charge in [-0.1, -0.05) is 43.2 Å². The summed E-state index contributed by atoms with van der Waals surface area (Å²) in [6.45, 7) is 3.58. The number of carbonyl (C=O) groups excluding carboxylic acids is 2. The number of benzene rings is 2. The average Bonchev–Trinajstić information content (AvgIpc) is 3.17. The fraction of sp³-hybridized carbons (Fsp3) is 0.364. The van der Waals surface area contributed by atoms with E-state index in [1.165, 1.54) is 19.8 Å². The smallest absolute Gasteiger partial charge is 0.254 e. The summed E-state index contributed by atoms with van der Waals surface area (Å²) in [6, 6.07) is 17.7. The molecule has 0 heterocycles. The summed E-state index contributed by atoms with van der Waals surface area (Å²) in [5, 5.41) is 2.74. The largest absolute Gasteiger partial charge is 0.329 e. The van der Waals surface area contributed by atoms with Gasteiger partial charge in [0.1, 0.15) is 0 Å². The molecule has 0 saturated heterocycles. The van der Waals surface area contributed by atoms with Crippen LogP contribution >= 0.6 is 0 Å². The van der Waals surface area contributed by atoms with Gasteiger partial charge in [0.15, 0.2) is 0 Å². The molecule has 1 fully saturated rings.